The molecule has 0 aromatic heterocycles. The number of hydrogen-bond acceptors (Lipinski definition) is 3. The van der Waals surface area contributed by atoms with Crippen LogP contribution in [0.3, 0.4) is 0 Å². The minimum absolute atomic E-state index is 0.111. The summed E-state index contributed by atoms with van der Waals surface area (Å²) in [6.45, 7) is 0. The highest BCUT2D eigenvalue weighted by Gasteiger charge is 2.16. The van der Waals surface area contributed by atoms with Gasteiger partial charge in [0.2, 0.25) is 0 Å². The Kier molecular flexibility index (Phi) is 4.06. The molecule has 0 aliphatic heterocycles. The molecule has 0 aliphatic rings. The smallest absolute Gasteiger partial charge is 0.294 e. The Morgan fingerprint density at radius 3 is 2.22 bits per heavy atom. The zero-order valence-corrected chi connectivity index (χ0v) is 6.77. The fraction of sp³-hybridized carbons (Fsp3) is 1.00. The maximum atomic E-state index is 11.1. The number of ether oxygens (including phenoxy) is 1. The second-order valence-electron chi connectivity index (χ2n) is 1.50. The van der Waals surface area contributed by atoms with E-state index in [4.69, 9.17) is 0 Å². The summed E-state index contributed by atoms with van der Waals surface area (Å²) < 4.78 is 20.4. The lowest BCUT2D eigenvalue weighted by Crippen LogP contribution is -2.08. The monoisotopic (exact) mass is 153 g/mol. The fourth-order valence-corrected chi connectivity index (χ4v) is 1.14. The Bertz CT molecular complexity index is 108. The quantitative estimate of drug-likeness (QED) is 0.602. The normalized spacial score (nSPS) is 17.2. The van der Waals surface area contributed by atoms with E-state index in [1.165, 1.54) is 14.2 Å². The average molecular weight is 153 g/mol. The molecule has 0 spiro atoms. The molecule has 1 unspecified atom stereocenters. The Morgan fingerprint density at radius 1 is 1.56 bits per heavy atom. The van der Waals surface area contributed by atoms with Gasteiger partial charge in [-0.2, -0.15) is 0 Å². The van der Waals surface area contributed by atoms with Crippen molar-refractivity contribution in [3.8, 4) is 0 Å². The molecule has 9 heavy (non-hydrogen) atoms. The minimum Gasteiger partial charge on any atom is -0.373 e. The Hall–Kier alpha value is 0.110. The first kappa shape index (κ1) is 9.11. The van der Waals surface area contributed by atoms with Crippen molar-refractivity contribution in [2.24, 2.45) is 0 Å². The van der Waals surface area contributed by atoms with E-state index in [1.54, 1.807) is 7.05 Å². The molecule has 0 bridgehead atoms. The van der Waals surface area contributed by atoms with E-state index in [0.29, 0.717) is 0 Å². The molecule has 0 radical (unpaired) electrons. The van der Waals surface area contributed by atoms with Gasteiger partial charge in [0.15, 0.2) is 0 Å². The predicted octanol–water partition coefficient (Wildman–Crippen LogP) is 0.649. The second kappa shape index (κ2) is 4.01. The van der Waals surface area contributed by atoms with E-state index in [2.05, 4.69) is 14.3 Å². The maximum Gasteiger partial charge on any atom is 0.294 e. The molecule has 4 nitrogen and oxygen atoms in total. The Balaban J connectivity index is 3.78. The van der Waals surface area contributed by atoms with Crippen LogP contribution in [0.2, 0.25) is 0 Å². The van der Waals surface area contributed by atoms with Crippen molar-refractivity contribution in [2.45, 2.75) is 0 Å². The van der Waals surface area contributed by atoms with Gasteiger partial charge in [-0.05, 0) is 7.05 Å². The van der Waals surface area contributed by atoms with Crippen molar-refractivity contribution in [2.75, 3.05) is 27.6 Å². The highest BCUT2D eigenvalue weighted by atomic mass is 31.2. The maximum absolute atomic E-state index is 11.1. The van der Waals surface area contributed by atoms with Crippen LogP contribution in [0.5, 0.6) is 0 Å². The van der Waals surface area contributed by atoms with Gasteiger partial charge in [0.1, 0.15) is 6.35 Å². The van der Waals surface area contributed by atoms with Gasteiger partial charge < -0.3 is 9.26 Å². The summed E-state index contributed by atoms with van der Waals surface area (Å²) in [7, 11) is 1.78. The molecule has 5 heteroatoms. The molecule has 1 atom stereocenters. The van der Waals surface area contributed by atoms with E-state index in [1.807, 2.05) is 0 Å². The zero-order valence-electron chi connectivity index (χ0n) is 5.88. The molecule has 0 aromatic rings. The number of nitrogens with one attached hydrogen (secondary N) is 1. The van der Waals surface area contributed by atoms with Gasteiger partial charge in [0, 0.05) is 14.2 Å². The Morgan fingerprint density at radius 2 is 2.11 bits per heavy atom. The molecule has 0 amide bonds. The van der Waals surface area contributed by atoms with Gasteiger partial charge in [-0.1, -0.05) is 0 Å². The highest BCUT2D eigenvalue weighted by molar-refractivity contribution is 7.56. The van der Waals surface area contributed by atoms with Crippen molar-refractivity contribution in [3.05, 3.63) is 0 Å². The van der Waals surface area contributed by atoms with E-state index in [-0.39, 0.29) is 6.35 Å². The summed E-state index contributed by atoms with van der Waals surface area (Å²) in [5.41, 5.74) is 0. The molecular weight excluding hydrogens is 141 g/mol. The standard InChI is InChI=1S/C4H12NO3P/c1-5-9(6,8-3)4-7-2/h4H2,1-3H3,(H,5,6). The van der Waals surface area contributed by atoms with Gasteiger partial charge >= 0.3 is 0 Å². The van der Waals surface area contributed by atoms with Gasteiger partial charge in [0.05, 0.1) is 0 Å². The van der Waals surface area contributed by atoms with Gasteiger partial charge in [-0.25, -0.2) is 5.09 Å². The van der Waals surface area contributed by atoms with Crippen LogP contribution in [0.1, 0.15) is 0 Å². The third kappa shape index (κ3) is 2.96. The Labute approximate surface area is 55.0 Å². The topological polar surface area (TPSA) is 47.6 Å². The lowest BCUT2D eigenvalue weighted by atomic mass is 11.5. The van der Waals surface area contributed by atoms with Crippen LogP contribution in [0.15, 0.2) is 0 Å². The van der Waals surface area contributed by atoms with Crippen LogP contribution >= 0.6 is 7.52 Å². The van der Waals surface area contributed by atoms with Crippen molar-refractivity contribution >= 4 is 7.52 Å². The van der Waals surface area contributed by atoms with E-state index in [0.717, 1.165) is 0 Å². The van der Waals surface area contributed by atoms with E-state index in [9.17, 15) is 4.57 Å². The average Bonchev–Trinajstić information content (AvgIpc) is 1.89. The van der Waals surface area contributed by atoms with Crippen molar-refractivity contribution in [1.82, 2.24) is 5.09 Å². The molecular formula is C4H12NO3P. The first-order valence-electron chi connectivity index (χ1n) is 2.51. The van der Waals surface area contributed by atoms with Crippen LogP contribution in [-0.2, 0) is 13.8 Å². The molecule has 0 aromatic carbocycles. The van der Waals surface area contributed by atoms with Gasteiger partial charge in [-0.15, -0.1) is 0 Å². The summed E-state index contributed by atoms with van der Waals surface area (Å²) >= 11 is 0. The predicted molar refractivity (Wildman–Crippen MR) is 35.6 cm³/mol. The number of rotatable bonds is 4. The lowest BCUT2D eigenvalue weighted by molar-refractivity contribution is 0.228. The summed E-state index contributed by atoms with van der Waals surface area (Å²) in [6, 6.07) is 0. The summed E-state index contributed by atoms with van der Waals surface area (Å²) in [5.74, 6) is 0. The highest BCUT2D eigenvalue weighted by Crippen LogP contribution is 2.39. The van der Waals surface area contributed by atoms with Crippen molar-refractivity contribution < 1.29 is 13.8 Å². The molecule has 0 saturated carbocycles. The van der Waals surface area contributed by atoms with Crippen LogP contribution in [0.25, 0.3) is 0 Å². The summed E-state index contributed by atoms with van der Waals surface area (Å²) in [6.07, 6.45) is 0.111. The molecule has 0 aliphatic carbocycles. The largest absolute Gasteiger partial charge is 0.373 e. The minimum atomic E-state index is -2.65. The van der Waals surface area contributed by atoms with Crippen molar-refractivity contribution in [1.29, 1.82) is 0 Å². The van der Waals surface area contributed by atoms with Crippen LogP contribution in [0.4, 0.5) is 0 Å². The summed E-state index contributed by atoms with van der Waals surface area (Å²) in [5, 5.41) is 2.54. The first-order valence-corrected chi connectivity index (χ1v) is 4.32. The zero-order chi connectivity index (χ0) is 7.33. The van der Waals surface area contributed by atoms with Crippen LogP contribution < -0.4 is 5.09 Å². The second-order valence-corrected chi connectivity index (χ2v) is 3.91. The number of methoxy groups -OCH3 is 1. The lowest BCUT2D eigenvalue weighted by Gasteiger charge is -2.12. The molecule has 0 fully saturated rings. The van der Waals surface area contributed by atoms with Gasteiger partial charge in [0.25, 0.3) is 7.52 Å². The van der Waals surface area contributed by atoms with Crippen molar-refractivity contribution in [3.63, 3.8) is 0 Å². The first-order chi connectivity index (χ1) is 4.18. The van der Waals surface area contributed by atoms with Gasteiger partial charge in [-0.3, -0.25) is 4.57 Å². The third-order valence-corrected chi connectivity index (χ3v) is 2.80. The fourth-order valence-electron chi connectivity index (χ4n) is 0.379. The SMILES string of the molecule is CNP(=O)(COC)OC. The molecule has 0 saturated heterocycles. The van der Waals surface area contributed by atoms with E-state index < -0.39 is 7.52 Å². The molecule has 0 heterocycles. The third-order valence-electron chi connectivity index (χ3n) is 0.935. The van der Waals surface area contributed by atoms with E-state index >= 15 is 0 Å². The molecule has 56 valence electrons. The number of hydrogen-bond donors (Lipinski definition) is 1. The van der Waals surface area contributed by atoms with Crippen LogP contribution in [0, 0.1) is 0 Å². The summed E-state index contributed by atoms with van der Waals surface area (Å²) in [4.78, 5) is 0. The molecule has 1 N–H and O–H groups in total. The molecule has 0 rings (SSSR count). The van der Waals surface area contributed by atoms with Crippen LogP contribution in [-0.4, -0.2) is 27.6 Å².